The Hall–Kier alpha value is -0.380. The molecule has 0 saturated carbocycles. The van der Waals surface area contributed by atoms with Crippen molar-refractivity contribution in [2.45, 2.75) is 26.2 Å². The van der Waals surface area contributed by atoms with Crippen molar-refractivity contribution in [3.8, 4) is 0 Å². The van der Waals surface area contributed by atoms with Crippen molar-refractivity contribution in [2.24, 2.45) is 0 Å². The molecule has 1 unspecified atom stereocenters. The van der Waals surface area contributed by atoms with Gasteiger partial charge in [0.05, 0.1) is 6.61 Å². The number of amides is 1. The molecule has 1 aliphatic rings. The number of hydrogen-bond acceptors (Lipinski definition) is 3. The van der Waals surface area contributed by atoms with Gasteiger partial charge >= 0.3 is 7.75 Å². The zero-order chi connectivity index (χ0) is 9.90. The average Bonchev–Trinajstić information content (AvgIpc) is 2.04. The molecule has 0 radical (unpaired) electrons. The van der Waals surface area contributed by atoms with E-state index in [9.17, 15) is 14.3 Å². The first-order valence-corrected chi connectivity index (χ1v) is 5.89. The summed E-state index contributed by atoms with van der Waals surface area (Å²) in [5.41, 5.74) is 0. The normalized spacial score (nSPS) is 22.9. The summed E-state index contributed by atoms with van der Waals surface area (Å²) >= 11 is 0. The summed E-state index contributed by atoms with van der Waals surface area (Å²) in [5, 5.41) is 0. The second kappa shape index (κ2) is 4.22. The van der Waals surface area contributed by atoms with Crippen molar-refractivity contribution in [1.29, 1.82) is 0 Å². The van der Waals surface area contributed by atoms with Gasteiger partial charge in [0.2, 0.25) is 5.91 Å². The van der Waals surface area contributed by atoms with Gasteiger partial charge in [0, 0.05) is 13.0 Å². The van der Waals surface area contributed by atoms with E-state index in [0.29, 0.717) is 13.0 Å². The first-order valence-electron chi connectivity index (χ1n) is 4.36. The predicted molar refractivity (Wildman–Crippen MR) is 47.0 cm³/mol. The lowest BCUT2D eigenvalue weighted by molar-refractivity contribution is -0.129. The summed E-state index contributed by atoms with van der Waals surface area (Å²) in [6.07, 6.45) is 1.91. The highest BCUT2D eigenvalue weighted by molar-refractivity contribution is 7.51. The van der Waals surface area contributed by atoms with E-state index >= 15 is 0 Å². The number of hydrogen-bond donors (Lipinski definition) is 1. The van der Waals surface area contributed by atoms with Crippen LogP contribution in [0.1, 0.15) is 26.2 Å². The van der Waals surface area contributed by atoms with Crippen molar-refractivity contribution in [3.05, 3.63) is 0 Å². The predicted octanol–water partition coefficient (Wildman–Crippen LogP) is 1.14. The molecule has 1 amide bonds. The Kier molecular flexibility index (Phi) is 3.47. The van der Waals surface area contributed by atoms with Gasteiger partial charge in [-0.1, -0.05) is 0 Å². The van der Waals surface area contributed by atoms with E-state index in [2.05, 4.69) is 4.52 Å². The van der Waals surface area contributed by atoms with Gasteiger partial charge in [-0.25, -0.2) is 9.24 Å². The third-order valence-electron chi connectivity index (χ3n) is 1.90. The molecule has 0 aromatic carbocycles. The summed E-state index contributed by atoms with van der Waals surface area (Å²) in [6.45, 7) is 2.08. The summed E-state index contributed by atoms with van der Waals surface area (Å²) in [5.74, 6) is -0.287. The molecule has 1 atom stereocenters. The van der Waals surface area contributed by atoms with Crippen LogP contribution in [0.25, 0.3) is 0 Å². The molecule has 0 spiro atoms. The SMILES string of the molecule is CCOP(=O)(O)N1CCCCC1=O. The highest BCUT2D eigenvalue weighted by Gasteiger charge is 2.34. The molecule has 0 aromatic rings. The maximum atomic E-state index is 11.4. The quantitative estimate of drug-likeness (QED) is 0.704. The van der Waals surface area contributed by atoms with Crippen LogP contribution in [0.5, 0.6) is 0 Å². The topological polar surface area (TPSA) is 66.8 Å². The van der Waals surface area contributed by atoms with E-state index in [1.165, 1.54) is 0 Å². The van der Waals surface area contributed by atoms with Crippen molar-refractivity contribution >= 4 is 13.7 Å². The molecule has 13 heavy (non-hydrogen) atoms. The fourth-order valence-corrected chi connectivity index (χ4v) is 2.55. The molecule has 0 aromatic heterocycles. The van der Waals surface area contributed by atoms with Crippen molar-refractivity contribution in [1.82, 2.24) is 4.67 Å². The largest absolute Gasteiger partial charge is 0.434 e. The van der Waals surface area contributed by atoms with Crippen LogP contribution in [0.3, 0.4) is 0 Å². The third kappa shape index (κ3) is 2.53. The Labute approximate surface area is 77.3 Å². The Balaban J connectivity index is 2.67. The molecular weight excluding hydrogens is 193 g/mol. The molecule has 1 aliphatic heterocycles. The number of carbonyl (C=O) groups is 1. The zero-order valence-electron chi connectivity index (χ0n) is 7.60. The Bertz CT molecular complexity index is 243. The molecule has 0 bridgehead atoms. The van der Waals surface area contributed by atoms with E-state index in [-0.39, 0.29) is 12.5 Å². The van der Waals surface area contributed by atoms with Gasteiger partial charge in [-0.3, -0.25) is 9.32 Å². The maximum Gasteiger partial charge on any atom is 0.434 e. The minimum atomic E-state index is -3.84. The molecule has 6 heteroatoms. The van der Waals surface area contributed by atoms with E-state index < -0.39 is 7.75 Å². The van der Waals surface area contributed by atoms with Gasteiger partial charge < -0.3 is 4.89 Å². The monoisotopic (exact) mass is 207 g/mol. The summed E-state index contributed by atoms with van der Waals surface area (Å²) in [4.78, 5) is 20.6. The van der Waals surface area contributed by atoms with Crippen molar-refractivity contribution < 1.29 is 18.8 Å². The van der Waals surface area contributed by atoms with Crippen LogP contribution in [0.2, 0.25) is 0 Å². The second-order valence-electron chi connectivity index (χ2n) is 2.88. The molecule has 0 aliphatic carbocycles. The van der Waals surface area contributed by atoms with Gasteiger partial charge in [-0.2, -0.15) is 0 Å². The summed E-state index contributed by atoms with van der Waals surface area (Å²) in [7, 11) is -3.84. The van der Waals surface area contributed by atoms with Gasteiger partial charge in [-0.15, -0.1) is 0 Å². The lowest BCUT2D eigenvalue weighted by Gasteiger charge is -2.29. The molecule has 1 fully saturated rings. The molecular formula is C7H14NO4P. The lowest BCUT2D eigenvalue weighted by atomic mass is 10.2. The van der Waals surface area contributed by atoms with E-state index in [1.807, 2.05) is 0 Å². The number of nitrogens with zero attached hydrogens (tertiary/aromatic N) is 1. The molecule has 1 saturated heterocycles. The molecule has 76 valence electrons. The van der Waals surface area contributed by atoms with E-state index in [4.69, 9.17) is 0 Å². The van der Waals surface area contributed by atoms with Gasteiger partial charge in [0.15, 0.2) is 0 Å². The van der Waals surface area contributed by atoms with Crippen LogP contribution in [-0.4, -0.2) is 28.6 Å². The first-order chi connectivity index (χ1) is 6.08. The molecule has 1 N–H and O–H groups in total. The summed E-state index contributed by atoms with van der Waals surface area (Å²) < 4.78 is 17.0. The highest BCUT2D eigenvalue weighted by atomic mass is 31.2. The van der Waals surface area contributed by atoms with Crippen LogP contribution in [-0.2, 0) is 13.9 Å². The molecule has 5 nitrogen and oxygen atoms in total. The average molecular weight is 207 g/mol. The zero-order valence-corrected chi connectivity index (χ0v) is 8.50. The van der Waals surface area contributed by atoms with E-state index in [1.54, 1.807) is 6.92 Å². The number of piperidine rings is 1. The Morgan fingerprint density at radius 3 is 2.85 bits per heavy atom. The fourth-order valence-electron chi connectivity index (χ4n) is 1.30. The van der Waals surface area contributed by atoms with Crippen LogP contribution in [0.15, 0.2) is 0 Å². The smallest absolute Gasteiger partial charge is 0.308 e. The first kappa shape index (κ1) is 10.7. The lowest BCUT2D eigenvalue weighted by Crippen LogP contribution is -2.33. The minimum absolute atomic E-state index is 0.136. The van der Waals surface area contributed by atoms with Gasteiger partial charge in [0.25, 0.3) is 0 Å². The molecule has 1 heterocycles. The van der Waals surface area contributed by atoms with Gasteiger partial charge in [-0.05, 0) is 19.8 Å². The number of carbonyl (C=O) groups excluding carboxylic acids is 1. The molecule has 1 rings (SSSR count). The van der Waals surface area contributed by atoms with Crippen molar-refractivity contribution in [2.75, 3.05) is 13.2 Å². The van der Waals surface area contributed by atoms with Crippen LogP contribution < -0.4 is 0 Å². The fraction of sp³-hybridized carbons (Fsp3) is 0.857. The standard InChI is InChI=1S/C7H14NO4P/c1-2-12-13(10,11)8-6-4-3-5-7(8)9/h2-6H2,1H3,(H,10,11). The Morgan fingerprint density at radius 1 is 1.62 bits per heavy atom. The van der Waals surface area contributed by atoms with Crippen molar-refractivity contribution in [3.63, 3.8) is 0 Å². The Morgan fingerprint density at radius 2 is 2.31 bits per heavy atom. The van der Waals surface area contributed by atoms with Crippen LogP contribution in [0.4, 0.5) is 0 Å². The highest BCUT2D eigenvalue weighted by Crippen LogP contribution is 2.47. The summed E-state index contributed by atoms with van der Waals surface area (Å²) in [6, 6.07) is 0. The van der Waals surface area contributed by atoms with Crippen LogP contribution in [0, 0.1) is 0 Å². The maximum absolute atomic E-state index is 11.4. The number of rotatable bonds is 3. The van der Waals surface area contributed by atoms with Crippen LogP contribution >= 0.6 is 7.75 Å². The van der Waals surface area contributed by atoms with Gasteiger partial charge in [0.1, 0.15) is 0 Å². The second-order valence-corrected chi connectivity index (χ2v) is 4.60. The third-order valence-corrected chi connectivity index (χ3v) is 3.53. The minimum Gasteiger partial charge on any atom is -0.308 e. The van der Waals surface area contributed by atoms with E-state index in [0.717, 1.165) is 17.5 Å².